The maximum Gasteiger partial charge on any atom is 0.150 e. The molecule has 2 aromatic carbocycles. The quantitative estimate of drug-likeness (QED) is 0.744. The molecule has 0 unspecified atom stereocenters. The third-order valence-electron chi connectivity index (χ3n) is 2.77. The molecule has 0 aliphatic heterocycles. The molecule has 0 N–H and O–H groups in total. The summed E-state index contributed by atoms with van der Waals surface area (Å²) in [5.41, 5.74) is 2.39. The Morgan fingerprint density at radius 2 is 1.95 bits per heavy atom. The first-order chi connectivity index (χ1) is 9.26. The van der Waals surface area contributed by atoms with E-state index in [-0.39, 0.29) is 0 Å². The van der Waals surface area contributed by atoms with Crippen LogP contribution in [-0.4, -0.2) is 12.9 Å². The fourth-order valence-electron chi connectivity index (χ4n) is 1.85. The van der Waals surface area contributed by atoms with E-state index in [1.165, 1.54) is 0 Å². The molecule has 3 heteroatoms. The number of ether oxygens (including phenoxy) is 1. The molecule has 0 aliphatic carbocycles. The smallest absolute Gasteiger partial charge is 0.150 e. The van der Waals surface area contributed by atoms with E-state index >= 15 is 0 Å². The highest BCUT2D eigenvalue weighted by Crippen LogP contribution is 2.35. The zero-order chi connectivity index (χ0) is 13.7. The van der Waals surface area contributed by atoms with Crippen molar-refractivity contribution in [1.82, 2.24) is 0 Å². The van der Waals surface area contributed by atoms with Crippen LogP contribution < -0.4 is 4.74 Å². The Morgan fingerprint density at radius 1 is 1.16 bits per heavy atom. The lowest BCUT2D eigenvalue weighted by Gasteiger charge is -2.12. The minimum absolute atomic E-state index is 0.553. The number of para-hydroxylation sites is 1. The standard InChI is InChI=1S/C16H15ClO2/c1-2-9-19-16-6-4-3-5-14(16)13-8-7-12(11-18)10-15(13)17/h3-8,10-11H,2,9H2,1H3. The van der Waals surface area contributed by atoms with Crippen molar-refractivity contribution < 1.29 is 9.53 Å². The molecule has 19 heavy (non-hydrogen) atoms. The maximum absolute atomic E-state index is 10.7. The minimum Gasteiger partial charge on any atom is -0.493 e. The number of hydrogen-bond donors (Lipinski definition) is 0. The highest BCUT2D eigenvalue weighted by Gasteiger charge is 2.09. The number of rotatable bonds is 5. The highest BCUT2D eigenvalue weighted by molar-refractivity contribution is 6.33. The number of carbonyl (C=O) groups excluding carboxylic acids is 1. The normalized spacial score (nSPS) is 10.2. The molecule has 0 heterocycles. The van der Waals surface area contributed by atoms with Crippen LogP contribution in [0.4, 0.5) is 0 Å². The van der Waals surface area contributed by atoms with Crippen molar-refractivity contribution >= 4 is 17.9 Å². The van der Waals surface area contributed by atoms with Crippen molar-refractivity contribution in [3.05, 3.63) is 53.1 Å². The lowest BCUT2D eigenvalue weighted by atomic mass is 10.0. The van der Waals surface area contributed by atoms with Gasteiger partial charge in [-0.1, -0.05) is 48.9 Å². The molecule has 2 aromatic rings. The molecule has 0 atom stereocenters. The second-order valence-electron chi connectivity index (χ2n) is 4.20. The Balaban J connectivity index is 2.43. The van der Waals surface area contributed by atoms with E-state index in [9.17, 15) is 4.79 Å². The molecule has 0 bridgehead atoms. The third-order valence-corrected chi connectivity index (χ3v) is 3.08. The molecule has 2 nitrogen and oxygen atoms in total. The van der Waals surface area contributed by atoms with Crippen LogP contribution >= 0.6 is 11.6 Å². The molecule has 0 fully saturated rings. The van der Waals surface area contributed by atoms with Gasteiger partial charge in [-0.15, -0.1) is 0 Å². The van der Waals surface area contributed by atoms with Crippen molar-refractivity contribution in [3.63, 3.8) is 0 Å². The summed E-state index contributed by atoms with van der Waals surface area (Å²) in [6.45, 7) is 2.73. The molecule has 98 valence electrons. The molecular weight excluding hydrogens is 260 g/mol. The Morgan fingerprint density at radius 3 is 2.63 bits per heavy atom. The molecule has 0 radical (unpaired) electrons. The summed E-state index contributed by atoms with van der Waals surface area (Å²) in [5, 5.41) is 0.553. The zero-order valence-electron chi connectivity index (χ0n) is 10.7. The zero-order valence-corrected chi connectivity index (χ0v) is 11.5. The van der Waals surface area contributed by atoms with Gasteiger partial charge in [-0.25, -0.2) is 0 Å². The Hall–Kier alpha value is -1.80. The van der Waals surface area contributed by atoms with Crippen molar-refractivity contribution in [1.29, 1.82) is 0 Å². The Labute approximate surface area is 118 Å². The van der Waals surface area contributed by atoms with Crippen molar-refractivity contribution in [2.45, 2.75) is 13.3 Å². The summed E-state index contributed by atoms with van der Waals surface area (Å²) < 4.78 is 5.72. The van der Waals surface area contributed by atoms with E-state index in [0.29, 0.717) is 17.2 Å². The van der Waals surface area contributed by atoms with E-state index in [1.807, 2.05) is 30.3 Å². The molecule has 0 spiro atoms. The molecule has 2 rings (SSSR count). The maximum atomic E-state index is 10.7. The van der Waals surface area contributed by atoms with Gasteiger partial charge in [0.1, 0.15) is 12.0 Å². The Kier molecular flexibility index (Phi) is 4.58. The summed E-state index contributed by atoms with van der Waals surface area (Å²) in [6, 6.07) is 13.0. The summed E-state index contributed by atoms with van der Waals surface area (Å²) >= 11 is 6.23. The molecule has 0 saturated heterocycles. The van der Waals surface area contributed by atoms with Gasteiger partial charge < -0.3 is 4.74 Å². The monoisotopic (exact) mass is 274 g/mol. The first kappa shape index (κ1) is 13.6. The number of carbonyl (C=O) groups is 1. The fraction of sp³-hybridized carbons (Fsp3) is 0.188. The Bertz CT molecular complexity index is 579. The van der Waals surface area contributed by atoms with Crippen LogP contribution in [0.25, 0.3) is 11.1 Å². The molecule has 0 saturated carbocycles. The summed E-state index contributed by atoms with van der Waals surface area (Å²) in [5.74, 6) is 0.810. The molecular formula is C16H15ClO2. The first-order valence-electron chi connectivity index (χ1n) is 6.23. The van der Waals surface area contributed by atoms with Gasteiger partial charge in [-0.05, 0) is 18.6 Å². The second kappa shape index (κ2) is 6.39. The molecule has 0 aliphatic rings. The first-order valence-corrected chi connectivity index (χ1v) is 6.61. The predicted molar refractivity (Wildman–Crippen MR) is 78.1 cm³/mol. The summed E-state index contributed by atoms with van der Waals surface area (Å²) in [7, 11) is 0. The lowest BCUT2D eigenvalue weighted by Crippen LogP contribution is -1.97. The van der Waals surface area contributed by atoms with Crippen LogP contribution in [-0.2, 0) is 0 Å². The fourth-order valence-corrected chi connectivity index (χ4v) is 2.14. The number of hydrogen-bond acceptors (Lipinski definition) is 2. The van der Waals surface area contributed by atoms with Gasteiger partial charge in [-0.3, -0.25) is 4.79 Å². The SMILES string of the molecule is CCCOc1ccccc1-c1ccc(C=O)cc1Cl. The minimum atomic E-state index is 0.553. The number of benzene rings is 2. The van der Waals surface area contributed by atoms with Crippen LogP contribution in [0.5, 0.6) is 5.75 Å². The number of halogens is 1. The van der Waals surface area contributed by atoms with E-state index < -0.39 is 0 Å². The van der Waals surface area contributed by atoms with Crippen molar-refractivity contribution in [2.75, 3.05) is 6.61 Å². The van der Waals surface area contributed by atoms with Crippen molar-refractivity contribution in [3.8, 4) is 16.9 Å². The van der Waals surface area contributed by atoms with Gasteiger partial charge in [0.25, 0.3) is 0 Å². The van der Waals surface area contributed by atoms with Gasteiger partial charge in [0.05, 0.1) is 6.61 Å². The van der Waals surface area contributed by atoms with Gasteiger partial charge >= 0.3 is 0 Å². The average Bonchev–Trinajstić information content (AvgIpc) is 2.45. The predicted octanol–water partition coefficient (Wildman–Crippen LogP) is 4.61. The van der Waals surface area contributed by atoms with E-state index in [0.717, 1.165) is 29.6 Å². The van der Waals surface area contributed by atoms with Crippen molar-refractivity contribution in [2.24, 2.45) is 0 Å². The van der Waals surface area contributed by atoms with Gasteiger partial charge in [0.2, 0.25) is 0 Å². The van der Waals surface area contributed by atoms with Crippen LogP contribution in [0.3, 0.4) is 0 Å². The molecule has 0 aromatic heterocycles. The van der Waals surface area contributed by atoms with E-state index in [2.05, 4.69) is 6.92 Å². The topological polar surface area (TPSA) is 26.3 Å². The summed E-state index contributed by atoms with van der Waals surface area (Å²) in [6.07, 6.45) is 1.74. The average molecular weight is 275 g/mol. The van der Waals surface area contributed by atoms with Crippen LogP contribution in [0.2, 0.25) is 5.02 Å². The molecule has 0 amide bonds. The van der Waals surface area contributed by atoms with Gasteiger partial charge in [0.15, 0.2) is 0 Å². The second-order valence-corrected chi connectivity index (χ2v) is 4.61. The van der Waals surface area contributed by atoms with Gasteiger partial charge in [0, 0.05) is 21.7 Å². The van der Waals surface area contributed by atoms with Gasteiger partial charge in [-0.2, -0.15) is 0 Å². The largest absolute Gasteiger partial charge is 0.493 e. The summed E-state index contributed by atoms with van der Waals surface area (Å²) in [4.78, 5) is 10.7. The van der Waals surface area contributed by atoms with E-state index in [1.54, 1.807) is 12.1 Å². The third kappa shape index (κ3) is 3.15. The van der Waals surface area contributed by atoms with Crippen LogP contribution in [0.15, 0.2) is 42.5 Å². The lowest BCUT2D eigenvalue weighted by molar-refractivity contribution is 0.112. The highest BCUT2D eigenvalue weighted by atomic mass is 35.5. The van der Waals surface area contributed by atoms with Crippen LogP contribution in [0.1, 0.15) is 23.7 Å². The van der Waals surface area contributed by atoms with E-state index in [4.69, 9.17) is 16.3 Å². The van der Waals surface area contributed by atoms with Crippen LogP contribution in [0, 0.1) is 0 Å². The number of aldehydes is 1.